The van der Waals surface area contributed by atoms with E-state index in [1.807, 2.05) is 24.0 Å². The van der Waals surface area contributed by atoms with E-state index in [1.54, 1.807) is 0 Å². The Morgan fingerprint density at radius 3 is 2.69 bits per heavy atom. The molecule has 0 aliphatic rings. The Morgan fingerprint density at radius 2 is 2.12 bits per heavy atom. The lowest BCUT2D eigenvalue weighted by Crippen LogP contribution is -2.08. The van der Waals surface area contributed by atoms with Gasteiger partial charge in [0.2, 0.25) is 0 Å². The van der Waals surface area contributed by atoms with E-state index in [4.69, 9.17) is 16.3 Å². The molecule has 0 fully saturated rings. The van der Waals surface area contributed by atoms with Crippen molar-refractivity contribution in [2.45, 2.75) is 39.1 Å². The van der Waals surface area contributed by atoms with Gasteiger partial charge >= 0.3 is 0 Å². The minimum atomic E-state index is 0.0237. The maximum atomic E-state index is 5.95. The number of aromatic nitrogens is 2. The molecular formula is C12H21ClN2O. The summed E-state index contributed by atoms with van der Waals surface area (Å²) < 4.78 is 7.40. The molecular weight excluding hydrogens is 224 g/mol. The van der Waals surface area contributed by atoms with Gasteiger partial charge in [-0.15, -0.1) is 11.6 Å². The van der Waals surface area contributed by atoms with E-state index >= 15 is 0 Å². The summed E-state index contributed by atoms with van der Waals surface area (Å²) in [5, 5.41) is 4.25. The van der Waals surface area contributed by atoms with E-state index in [9.17, 15) is 0 Å². The van der Waals surface area contributed by atoms with Gasteiger partial charge in [-0.05, 0) is 19.3 Å². The normalized spacial score (nSPS) is 13.3. The SMILES string of the molecule is CC(C)CCOCCn1cc(C(C)Cl)cn1. The summed E-state index contributed by atoms with van der Waals surface area (Å²) in [6.45, 7) is 8.68. The molecule has 4 heteroatoms. The molecule has 0 radical (unpaired) electrons. The van der Waals surface area contributed by atoms with E-state index in [0.29, 0.717) is 12.5 Å². The molecule has 0 aromatic carbocycles. The topological polar surface area (TPSA) is 27.1 Å². The van der Waals surface area contributed by atoms with Crippen molar-refractivity contribution in [1.82, 2.24) is 9.78 Å². The van der Waals surface area contributed by atoms with E-state index < -0.39 is 0 Å². The molecule has 1 atom stereocenters. The summed E-state index contributed by atoms with van der Waals surface area (Å²) in [5.74, 6) is 0.702. The molecule has 1 aromatic heterocycles. The van der Waals surface area contributed by atoms with Crippen LogP contribution in [0.15, 0.2) is 12.4 Å². The Bertz CT molecular complexity index is 297. The first-order valence-electron chi connectivity index (χ1n) is 5.83. The van der Waals surface area contributed by atoms with Crippen molar-refractivity contribution < 1.29 is 4.74 Å². The number of hydrogen-bond acceptors (Lipinski definition) is 2. The third-order valence-electron chi connectivity index (χ3n) is 2.42. The van der Waals surface area contributed by atoms with Crippen LogP contribution in [0.25, 0.3) is 0 Å². The van der Waals surface area contributed by atoms with Gasteiger partial charge in [-0.3, -0.25) is 4.68 Å². The molecule has 0 aliphatic heterocycles. The molecule has 0 N–H and O–H groups in total. The van der Waals surface area contributed by atoms with Crippen molar-refractivity contribution in [2.24, 2.45) is 5.92 Å². The molecule has 16 heavy (non-hydrogen) atoms. The van der Waals surface area contributed by atoms with Crippen LogP contribution in [-0.2, 0) is 11.3 Å². The molecule has 1 rings (SSSR count). The number of rotatable bonds is 7. The average Bonchev–Trinajstić information content (AvgIpc) is 2.65. The maximum Gasteiger partial charge on any atom is 0.0662 e. The Labute approximate surface area is 103 Å². The lowest BCUT2D eigenvalue weighted by atomic mass is 10.1. The van der Waals surface area contributed by atoms with Crippen molar-refractivity contribution in [3.63, 3.8) is 0 Å². The van der Waals surface area contributed by atoms with Crippen molar-refractivity contribution in [3.05, 3.63) is 18.0 Å². The van der Waals surface area contributed by atoms with E-state index in [-0.39, 0.29) is 5.38 Å². The molecule has 0 amide bonds. The van der Waals surface area contributed by atoms with Crippen LogP contribution in [0.2, 0.25) is 0 Å². The summed E-state index contributed by atoms with van der Waals surface area (Å²) in [5.41, 5.74) is 1.06. The van der Waals surface area contributed by atoms with Gasteiger partial charge in [-0.25, -0.2) is 0 Å². The fraction of sp³-hybridized carbons (Fsp3) is 0.750. The molecule has 0 spiro atoms. The summed E-state index contributed by atoms with van der Waals surface area (Å²) in [7, 11) is 0. The van der Waals surface area contributed by atoms with Gasteiger partial charge in [0.1, 0.15) is 0 Å². The first-order valence-corrected chi connectivity index (χ1v) is 6.27. The smallest absolute Gasteiger partial charge is 0.0662 e. The summed E-state index contributed by atoms with van der Waals surface area (Å²) in [6.07, 6.45) is 4.90. The fourth-order valence-corrected chi connectivity index (χ4v) is 1.40. The largest absolute Gasteiger partial charge is 0.380 e. The first-order chi connectivity index (χ1) is 7.59. The number of nitrogens with zero attached hydrogens (tertiary/aromatic N) is 2. The van der Waals surface area contributed by atoms with Crippen LogP contribution in [0.4, 0.5) is 0 Å². The van der Waals surface area contributed by atoms with Crippen molar-refractivity contribution in [3.8, 4) is 0 Å². The minimum Gasteiger partial charge on any atom is -0.380 e. The van der Waals surface area contributed by atoms with Crippen LogP contribution < -0.4 is 0 Å². The molecule has 0 aliphatic carbocycles. The maximum absolute atomic E-state index is 5.95. The summed E-state index contributed by atoms with van der Waals surface area (Å²) in [6, 6.07) is 0. The van der Waals surface area contributed by atoms with Gasteiger partial charge < -0.3 is 4.74 Å². The highest BCUT2D eigenvalue weighted by atomic mass is 35.5. The van der Waals surface area contributed by atoms with Gasteiger partial charge in [0.05, 0.1) is 24.7 Å². The second-order valence-electron chi connectivity index (χ2n) is 4.45. The molecule has 0 saturated heterocycles. The standard InChI is InChI=1S/C12H21ClN2O/c1-10(2)4-6-16-7-5-15-9-12(8-14-15)11(3)13/h8-11H,4-7H2,1-3H3. The van der Waals surface area contributed by atoms with Crippen LogP contribution in [0.1, 0.15) is 38.1 Å². The van der Waals surface area contributed by atoms with Crippen LogP contribution in [0, 0.1) is 5.92 Å². The summed E-state index contributed by atoms with van der Waals surface area (Å²) in [4.78, 5) is 0. The second-order valence-corrected chi connectivity index (χ2v) is 5.10. The van der Waals surface area contributed by atoms with Crippen molar-refractivity contribution in [2.75, 3.05) is 13.2 Å². The Kier molecular flexibility index (Phi) is 5.85. The molecule has 3 nitrogen and oxygen atoms in total. The highest BCUT2D eigenvalue weighted by Gasteiger charge is 2.03. The van der Waals surface area contributed by atoms with Gasteiger partial charge in [-0.1, -0.05) is 13.8 Å². The number of halogens is 1. The van der Waals surface area contributed by atoms with Crippen molar-refractivity contribution in [1.29, 1.82) is 0 Å². The number of alkyl halides is 1. The van der Waals surface area contributed by atoms with Gasteiger partial charge in [0.25, 0.3) is 0 Å². The highest BCUT2D eigenvalue weighted by Crippen LogP contribution is 2.17. The predicted octanol–water partition coefficient (Wildman–Crippen LogP) is 3.25. The van der Waals surface area contributed by atoms with Crippen molar-refractivity contribution >= 4 is 11.6 Å². The molecule has 0 saturated carbocycles. The van der Waals surface area contributed by atoms with Crippen LogP contribution in [0.5, 0.6) is 0 Å². The van der Waals surface area contributed by atoms with Gasteiger partial charge in [0, 0.05) is 18.4 Å². The molecule has 1 unspecified atom stereocenters. The third-order valence-corrected chi connectivity index (χ3v) is 2.67. The third kappa shape index (κ3) is 4.99. The number of ether oxygens (including phenoxy) is 1. The monoisotopic (exact) mass is 244 g/mol. The van der Waals surface area contributed by atoms with Gasteiger partial charge in [-0.2, -0.15) is 5.10 Å². The van der Waals surface area contributed by atoms with Gasteiger partial charge in [0.15, 0.2) is 0 Å². The molecule has 1 heterocycles. The lowest BCUT2D eigenvalue weighted by molar-refractivity contribution is 0.114. The van der Waals surface area contributed by atoms with E-state index in [2.05, 4.69) is 18.9 Å². The predicted molar refractivity (Wildman–Crippen MR) is 66.8 cm³/mol. The Morgan fingerprint density at radius 1 is 1.38 bits per heavy atom. The second kappa shape index (κ2) is 6.92. The van der Waals surface area contributed by atoms with Crippen LogP contribution in [0.3, 0.4) is 0 Å². The number of hydrogen-bond donors (Lipinski definition) is 0. The summed E-state index contributed by atoms with van der Waals surface area (Å²) >= 11 is 5.95. The Hall–Kier alpha value is -0.540. The highest BCUT2D eigenvalue weighted by molar-refractivity contribution is 6.20. The molecule has 1 aromatic rings. The lowest BCUT2D eigenvalue weighted by Gasteiger charge is -2.06. The van der Waals surface area contributed by atoms with Crippen LogP contribution >= 0.6 is 11.6 Å². The van der Waals surface area contributed by atoms with Crippen LogP contribution in [-0.4, -0.2) is 23.0 Å². The fourth-order valence-electron chi connectivity index (χ4n) is 1.29. The minimum absolute atomic E-state index is 0.0237. The zero-order valence-electron chi connectivity index (χ0n) is 10.3. The first kappa shape index (κ1) is 13.5. The average molecular weight is 245 g/mol. The Balaban J connectivity index is 2.17. The quantitative estimate of drug-likeness (QED) is 0.544. The van der Waals surface area contributed by atoms with E-state index in [1.165, 1.54) is 0 Å². The molecule has 0 bridgehead atoms. The van der Waals surface area contributed by atoms with E-state index in [0.717, 1.165) is 25.1 Å². The zero-order valence-corrected chi connectivity index (χ0v) is 11.1. The molecule has 92 valence electrons. The zero-order chi connectivity index (χ0) is 12.0.